The Kier molecular flexibility index (Phi) is 3.57. The van der Waals surface area contributed by atoms with Gasteiger partial charge in [0.25, 0.3) is 0 Å². The van der Waals surface area contributed by atoms with E-state index in [-0.39, 0.29) is 18.0 Å². The van der Waals surface area contributed by atoms with Crippen molar-refractivity contribution in [3.05, 3.63) is 29.3 Å². The van der Waals surface area contributed by atoms with E-state index in [2.05, 4.69) is 27.9 Å². The Morgan fingerprint density at radius 1 is 1.21 bits per heavy atom. The van der Waals surface area contributed by atoms with Crippen LogP contribution < -0.4 is 10.9 Å². The topological polar surface area (TPSA) is 57.3 Å². The minimum Gasteiger partial charge on any atom is -0.332 e. The fourth-order valence-electron chi connectivity index (χ4n) is 4.07. The lowest BCUT2D eigenvalue weighted by molar-refractivity contribution is -0.134. The Hall–Kier alpha value is -1.50. The Morgan fingerprint density at radius 3 is 2.92 bits per heavy atom. The summed E-state index contributed by atoms with van der Waals surface area (Å²) >= 11 is 1.73. The molecule has 3 heterocycles. The summed E-state index contributed by atoms with van der Waals surface area (Å²) in [6.07, 6.45) is 5.62. The number of aromatic nitrogens is 1. The molecule has 2 aliphatic heterocycles. The first-order valence-corrected chi connectivity index (χ1v) is 9.78. The van der Waals surface area contributed by atoms with Crippen molar-refractivity contribution in [2.24, 2.45) is 5.92 Å². The summed E-state index contributed by atoms with van der Waals surface area (Å²) in [5, 5.41) is 1.09. The number of nitrogens with one attached hydrogen (secondary N) is 2. The average Bonchev–Trinajstić information content (AvgIpc) is 3.07. The number of carbonyl (C=O) groups excluding carboxylic acids is 1. The maximum absolute atomic E-state index is 13.0. The summed E-state index contributed by atoms with van der Waals surface area (Å²) < 4.78 is 1.21. The summed E-state index contributed by atoms with van der Waals surface area (Å²) in [7, 11) is 0. The first-order chi connectivity index (χ1) is 11.8. The van der Waals surface area contributed by atoms with Crippen molar-refractivity contribution in [1.82, 2.24) is 20.7 Å². The van der Waals surface area contributed by atoms with Gasteiger partial charge in [0.05, 0.1) is 16.3 Å². The summed E-state index contributed by atoms with van der Waals surface area (Å²) in [5.41, 5.74) is 7.63. The molecule has 1 aromatic heterocycles. The molecule has 3 unspecified atom stereocenters. The summed E-state index contributed by atoms with van der Waals surface area (Å²) in [6, 6.07) is 8.79. The number of fused-ring (bicyclic) bond motifs is 1. The zero-order valence-electron chi connectivity index (χ0n) is 13.6. The fourth-order valence-corrected chi connectivity index (χ4v) is 5.19. The molecule has 0 bridgehead atoms. The number of hydrogen-bond acceptors (Lipinski definition) is 5. The number of likely N-dealkylation sites (tertiary alicyclic amines) is 1. The van der Waals surface area contributed by atoms with Crippen molar-refractivity contribution in [2.75, 3.05) is 6.54 Å². The third-order valence-electron chi connectivity index (χ3n) is 5.55. The van der Waals surface area contributed by atoms with Gasteiger partial charge in [-0.05, 0) is 50.2 Å². The molecule has 2 aromatic rings. The highest BCUT2D eigenvalue weighted by molar-refractivity contribution is 7.18. The van der Waals surface area contributed by atoms with Crippen LogP contribution in [0, 0.1) is 5.92 Å². The summed E-state index contributed by atoms with van der Waals surface area (Å²) in [6.45, 7) is 0.853. The van der Waals surface area contributed by atoms with Crippen molar-refractivity contribution < 1.29 is 4.79 Å². The number of hydrogen-bond donors (Lipinski definition) is 2. The second kappa shape index (κ2) is 5.79. The van der Waals surface area contributed by atoms with Gasteiger partial charge in [0.1, 0.15) is 11.0 Å². The molecule has 126 valence electrons. The first-order valence-electron chi connectivity index (χ1n) is 8.96. The van der Waals surface area contributed by atoms with Crippen LogP contribution in [0.25, 0.3) is 10.2 Å². The molecule has 0 radical (unpaired) electrons. The Balaban J connectivity index is 1.35. The van der Waals surface area contributed by atoms with Crippen molar-refractivity contribution >= 4 is 27.5 Å². The van der Waals surface area contributed by atoms with Gasteiger partial charge in [-0.3, -0.25) is 10.2 Å². The number of carbonyl (C=O) groups is 1. The molecule has 0 spiro atoms. The minimum atomic E-state index is -0.0782. The number of amides is 1. The number of thiazole rings is 1. The van der Waals surface area contributed by atoms with Crippen LogP contribution >= 0.6 is 11.3 Å². The van der Waals surface area contributed by atoms with E-state index < -0.39 is 0 Å². The van der Waals surface area contributed by atoms with E-state index in [0.717, 1.165) is 42.2 Å². The molecule has 1 saturated carbocycles. The van der Waals surface area contributed by atoms with E-state index in [9.17, 15) is 4.79 Å². The predicted octanol–water partition coefficient (Wildman–Crippen LogP) is 2.60. The second-order valence-corrected chi connectivity index (χ2v) is 8.29. The predicted molar refractivity (Wildman–Crippen MR) is 94.5 cm³/mol. The third-order valence-corrected chi connectivity index (χ3v) is 6.69. The van der Waals surface area contributed by atoms with E-state index >= 15 is 0 Å². The maximum atomic E-state index is 13.0. The van der Waals surface area contributed by atoms with Gasteiger partial charge in [0.2, 0.25) is 5.91 Å². The van der Waals surface area contributed by atoms with Gasteiger partial charge in [-0.2, -0.15) is 0 Å². The van der Waals surface area contributed by atoms with Gasteiger partial charge in [-0.1, -0.05) is 12.1 Å². The van der Waals surface area contributed by atoms with Gasteiger partial charge in [0, 0.05) is 12.6 Å². The van der Waals surface area contributed by atoms with E-state index in [1.54, 1.807) is 11.3 Å². The van der Waals surface area contributed by atoms with E-state index in [1.807, 2.05) is 12.1 Å². The molecule has 5 rings (SSSR count). The SMILES string of the molecule is O=C(C1CC(C2CC2)NN1)N1CCCC1c1nc2ccccc2s1. The van der Waals surface area contributed by atoms with Crippen molar-refractivity contribution in [3.8, 4) is 0 Å². The Bertz CT molecular complexity index is 738. The molecule has 1 aliphatic carbocycles. The molecule has 5 nitrogen and oxygen atoms in total. The van der Waals surface area contributed by atoms with Crippen molar-refractivity contribution in [3.63, 3.8) is 0 Å². The number of hydrazine groups is 1. The lowest BCUT2D eigenvalue weighted by atomic mass is 10.1. The Morgan fingerprint density at radius 2 is 2.08 bits per heavy atom. The highest BCUT2D eigenvalue weighted by Gasteiger charge is 2.42. The van der Waals surface area contributed by atoms with Crippen LogP contribution in [0.3, 0.4) is 0 Å². The van der Waals surface area contributed by atoms with Crippen LogP contribution in [0.1, 0.15) is 43.2 Å². The third kappa shape index (κ3) is 2.53. The average molecular weight is 342 g/mol. The highest BCUT2D eigenvalue weighted by Crippen LogP contribution is 2.39. The van der Waals surface area contributed by atoms with E-state index in [4.69, 9.17) is 4.98 Å². The maximum Gasteiger partial charge on any atom is 0.241 e. The van der Waals surface area contributed by atoms with Gasteiger partial charge >= 0.3 is 0 Å². The molecular formula is C18H22N4OS. The molecule has 2 N–H and O–H groups in total. The number of rotatable bonds is 3. The van der Waals surface area contributed by atoms with Gasteiger partial charge < -0.3 is 4.90 Å². The number of benzene rings is 1. The molecule has 3 fully saturated rings. The standard InChI is InChI=1S/C18H22N4OS/c23-18(14-10-13(20-21-14)11-7-8-11)22-9-3-5-15(22)17-19-12-4-1-2-6-16(12)24-17/h1-2,4,6,11,13-15,20-21H,3,5,7-10H2. The van der Waals surface area contributed by atoms with Crippen LogP contribution in [-0.2, 0) is 4.79 Å². The first kappa shape index (κ1) is 14.8. The van der Waals surface area contributed by atoms with E-state index in [1.165, 1.54) is 17.5 Å². The summed E-state index contributed by atoms with van der Waals surface area (Å²) in [5.74, 6) is 1.02. The minimum absolute atomic E-state index is 0.0782. The lowest BCUT2D eigenvalue weighted by Gasteiger charge is -2.25. The van der Waals surface area contributed by atoms with Gasteiger partial charge in [-0.15, -0.1) is 11.3 Å². The fraction of sp³-hybridized carbons (Fsp3) is 0.556. The highest BCUT2D eigenvalue weighted by atomic mass is 32.1. The monoisotopic (exact) mass is 342 g/mol. The van der Waals surface area contributed by atoms with Crippen LogP contribution in [0.15, 0.2) is 24.3 Å². The second-order valence-electron chi connectivity index (χ2n) is 7.23. The largest absolute Gasteiger partial charge is 0.332 e. The van der Waals surface area contributed by atoms with Crippen LogP contribution in [0.4, 0.5) is 0 Å². The molecular weight excluding hydrogens is 320 g/mol. The molecule has 3 aliphatic rings. The normalized spacial score (nSPS) is 30.3. The van der Waals surface area contributed by atoms with Crippen molar-refractivity contribution in [2.45, 2.75) is 50.2 Å². The molecule has 1 amide bonds. The zero-order valence-corrected chi connectivity index (χ0v) is 14.4. The number of nitrogens with zero attached hydrogens (tertiary/aromatic N) is 2. The van der Waals surface area contributed by atoms with Gasteiger partial charge in [0.15, 0.2) is 0 Å². The molecule has 2 saturated heterocycles. The smallest absolute Gasteiger partial charge is 0.241 e. The van der Waals surface area contributed by atoms with Gasteiger partial charge in [-0.25, -0.2) is 10.4 Å². The number of para-hydroxylation sites is 1. The quantitative estimate of drug-likeness (QED) is 0.900. The van der Waals surface area contributed by atoms with Crippen LogP contribution in [0.2, 0.25) is 0 Å². The molecule has 3 atom stereocenters. The Labute approximate surface area is 145 Å². The van der Waals surface area contributed by atoms with E-state index in [0.29, 0.717) is 6.04 Å². The molecule has 24 heavy (non-hydrogen) atoms. The molecule has 1 aromatic carbocycles. The van der Waals surface area contributed by atoms with Crippen LogP contribution in [0.5, 0.6) is 0 Å². The van der Waals surface area contributed by atoms with Crippen molar-refractivity contribution in [1.29, 1.82) is 0 Å². The zero-order chi connectivity index (χ0) is 16.1. The van der Waals surface area contributed by atoms with Crippen LogP contribution in [-0.4, -0.2) is 34.4 Å². The summed E-state index contributed by atoms with van der Waals surface area (Å²) in [4.78, 5) is 19.9. The molecule has 6 heteroatoms. The lowest BCUT2D eigenvalue weighted by Crippen LogP contribution is -2.45.